The summed E-state index contributed by atoms with van der Waals surface area (Å²) in [7, 11) is 0. The molecule has 1 atom stereocenters. The van der Waals surface area contributed by atoms with E-state index in [0.717, 1.165) is 34.5 Å². The molecule has 102 valence electrons. The monoisotopic (exact) mass is 321 g/mol. The van der Waals surface area contributed by atoms with Crippen LogP contribution in [0, 0.1) is 6.92 Å². The second-order valence-corrected chi connectivity index (χ2v) is 5.45. The highest BCUT2D eigenvalue weighted by atomic mass is 79.9. The fourth-order valence-corrected chi connectivity index (χ4v) is 2.67. The molecule has 1 unspecified atom stereocenters. The topological polar surface area (TPSA) is 25.2 Å². The highest BCUT2D eigenvalue weighted by Crippen LogP contribution is 2.33. The molecule has 2 aromatic rings. The molecule has 1 heterocycles. The predicted molar refractivity (Wildman–Crippen MR) is 83.3 cm³/mol. The van der Waals surface area contributed by atoms with Gasteiger partial charge in [0.05, 0.1) is 6.04 Å². The minimum absolute atomic E-state index is 0.294. The van der Waals surface area contributed by atoms with Crippen molar-refractivity contribution >= 4 is 15.9 Å². The lowest BCUT2D eigenvalue weighted by molar-refractivity contribution is 0.417. The zero-order chi connectivity index (χ0) is 13.8. The van der Waals surface area contributed by atoms with Crippen molar-refractivity contribution in [1.29, 1.82) is 0 Å². The van der Waals surface area contributed by atoms with Gasteiger partial charge in [-0.05, 0) is 53.5 Å². The van der Waals surface area contributed by atoms with Crippen molar-refractivity contribution in [2.75, 3.05) is 6.54 Å². The molecule has 3 heteroatoms. The number of hydrogen-bond donors (Lipinski definition) is 1. The molecule has 1 aromatic carbocycles. The van der Waals surface area contributed by atoms with Crippen molar-refractivity contribution in [2.45, 2.75) is 33.2 Å². The molecule has 1 aromatic heterocycles. The molecule has 0 spiro atoms. The van der Waals surface area contributed by atoms with Crippen LogP contribution in [-0.2, 0) is 0 Å². The highest BCUT2D eigenvalue weighted by Gasteiger charge is 2.14. The van der Waals surface area contributed by atoms with E-state index in [2.05, 4.69) is 72.3 Å². The average molecular weight is 322 g/mol. The van der Waals surface area contributed by atoms with Gasteiger partial charge in [0.1, 0.15) is 11.5 Å². The third kappa shape index (κ3) is 3.10. The summed E-state index contributed by atoms with van der Waals surface area (Å²) in [4.78, 5) is 0. The maximum atomic E-state index is 6.02. The second kappa shape index (κ2) is 6.40. The Kier molecular flexibility index (Phi) is 4.83. The van der Waals surface area contributed by atoms with Crippen molar-refractivity contribution in [3.63, 3.8) is 0 Å². The lowest BCUT2D eigenvalue weighted by atomic mass is 10.1. The molecule has 0 amide bonds. The van der Waals surface area contributed by atoms with Crippen LogP contribution >= 0.6 is 15.9 Å². The van der Waals surface area contributed by atoms with E-state index in [4.69, 9.17) is 4.42 Å². The van der Waals surface area contributed by atoms with Crippen LogP contribution < -0.4 is 5.32 Å². The van der Waals surface area contributed by atoms with E-state index < -0.39 is 0 Å². The van der Waals surface area contributed by atoms with Crippen molar-refractivity contribution < 1.29 is 4.42 Å². The van der Waals surface area contributed by atoms with Gasteiger partial charge in [-0.3, -0.25) is 0 Å². The average Bonchev–Trinajstić information content (AvgIpc) is 2.88. The van der Waals surface area contributed by atoms with Crippen molar-refractivity contribution in [3.05, 3.63) is 46.1 Å². The van der Waals surface area contributed by atoms with Crippen LogP contribution in [0.2, 0.25) is 0 Å². The first-order valence-corrected chi connectivity index (χ1v) is 7.55. The smallest absolute Gasteiger partial charge is 0.135 e. The van der Waals surface area contributed by atoms with Gasteiger partial charge in [0.2, 0.25) is 0 Å². The number of hydrogen-bond acceptors (Lipinski definition) is 2. The molecule has 0 radical (unpaired) electrons. The quantitative estimate of drug-likeness (QED) is 0.830. The molecule has 2 rings (SSSR count). The Morgan fingerprint density at radius 3 is 2.68 bits per heavy atom. The Morgan fingerprint density at radius 1 is 1.21 bits per heavy atom. The Balaban J connectivity index is 2.32. The van der Waals surface area contributed by atoms with E-state index in [9.17, 15) is 0 Å². The fraction of sp³-hybridized carbons (Fsp3) is 0.375. The molecule has 0 saturated heterocycles. The highest BCUT2D eigenvalue weighted by molar-refractivity contribution is 9.10. The van der Waals surface area contributed by atoms with Crippen LogP contribution in [-0.4, -0.2) is 6.54 Å². The Hall–Kier alpha value is -1.06. The summed E-state index contributed by atoms with van der Waals surface area (Å²) in [6, 6.07) is 10.6. The van der Waals surface area contributed by atoms with Gasteiger partial charge in [-0.15, -0.1) is 0 Å². The molecule has 0 aliphatic carbocycles. The first-order chi connectivity index (χ1) is 9.17. The van der Waals surface area contributed by atoms with Gasteiger partial charge in [-0.1, -0.05) is 32.0 Å². The van der Waals surface area contributed by atoms with E-state index in [-0.39, 0.29) is 0 Å². The van der Waals surface area contributed by atoms with Crippen molar-refractivity contribution in [1.82, 2.24) is 5.32 Å². The molecule has 0 saturated carbocycles. The molecule has 0 aliphatic rings. The molecule has 0 bridgehead atoms. The van der Waals surface area contributed by atoms with Crippen molar-refractivity contribution in [2.24, 2.45) is 0 Å². The second-order valence-electron chi connectivity index (χ2n) is 4.66. The molecular formula is C16H20BrNO. The summed E-state index contributed by atoms with van der Waals surface area (Å²) in [5.74, 6) is 1.93. The van der Waals surface area contributed by atoms with E-state index in [1.165, 1.54) is 5.56 Å². The molecule has 0 aliphatic heterocycles. The third-order valence-corrected chi connectivity index (χ3v) is 4.34. The first kappa shape index (κ1) is 14.4. The number of furan rings is 1. The van der Waals surface area contributed by atoms with Crippen LogP contribution in [0.3, 0.4) is 0 Å². The lowest BCUT2D eigenvalue weighted by Gasteiger charge is -2.12. The first-order valence-electron chi connectivity index (χ1n) is 6.76. The Morgan fingerprint density at radius 2 is 2.00 bits per heavy atom. The molecule has 2 nitrogen and oxygen atoms in total. The summed E-state index contributed by atoms with van der Waals surface area (Å²) in [5.41, 5.74) is 2.33. The normalized spacial score (nSPS) is 12.6. The van der Waals surface area contributed by atoms with Gasteiger partial charge in [0, 0.05) is 10.0 Å². The molecule has 19 heavy (non-hydrogen) atoms. The van der Waals surface area contributed by atoms with E-state index in [0.29, 0.717) is 6.04 Å². The summed E-state index contributed by atoms with van der Waals surface area (Å²) < 4.78 is 7.12. The zero-order valence-corrected chi connectivity index (χ0v) is 13.3. The minimum atomic E-state index is 0.294. The van der Waals surface area contributed by atoms with Crippen LogP contribution in [0.25, 0.3) is 11.3 Å². The number of aryl methyl sites for hydroxylation is 1. The summed E-state index contributed by atoms with van der Waals surface area (Å²) in [6.45, 7) is 7.31. The number of benzene rings is 1. The van der Waals surface area contributed by atoms with Crippen LogP contribution in [0.15, 0.2) is 39.2 Å². The van der Waals surface area contributed by atoms with Gasteiger partial charge in [0.15, 0.2) is 0 Å². The standard InChI is InChI=1S/C16H20BrNO/c1-4-13(18-5-2)15-10-9-14(19-15)12-8-6-7-11(3)16(12)17/h6-10,13,18H,4-5H2,1-3H3. The van der Waals surface area contributed by atoms with Crippen LogP contribution in [0.5, 0.6) is 0 Å². The predicted octanol–water partition coefficient (Wildman–Crippen LogP) is 5.08. The van der Waals surface area contributed by atoms with Crippen LogP contribution in [0.4, 0.5) is 0 Å². The lowest BCUT2D eigenvalue weighted by Crippen LogP contribution is -2.19. The summed E-state index contributed by atoms with van der Waals surface area (Å²) in [6.07, 6.45) is 1.02. The van der Waals surface area contributed by atoms with Gasteiger partial charge >= 0.3 is 0 Å². The van der Waals surface area contributed by atoms with Crippen LogP contribution in [0.1, 0.15) is 37.6 Å². The number of rotatable bonds is 5. The largest absolute Gasteiger partial charge is 0.459 e. The van der Waals surface area contributed by atoms with E-state index in [1.807, 2.05) is 0 Å². The van der Waals surface area contributed by atoms with Gasteiger partial charge in [-0.25, -0.2) is 0 Å². The number of halogens is 1. The minimum Gasteiger partial charge on any atom is -0.459 e. The maximum Gasteiger partial charge on any atom is 0.135 e. The van der Waals surface area contributed by atoms with Gasteiger partial charge in [-0.2, -0.15) is 0 Å². The summed E-state index contributed by atoms with van der Waals surface area (Å²) >= 11 is 3.64. The third-order valence-electron chi connectivity index (χ3n) is 3.29. The molecule has 0 fully saturated rings. The number of nitrogens with one attached hydrogen (secondary N) is 1. The Bertz CT molecular complexity index is 547. The van der Waals surface area contributed by atoms with E-state index in [1.54, 1.807) is 0 Å². The maximum absolute atomic E-state index is 6.02. The Labute approximate surface area is 123 Å². The fourth-order valence-electron chi connectivity index (χ4n) is 2.22. The summed E-state index contributed by atoms with van der Waals surface area (Å²) in [5, 5.41) is 3.43. The van der Waals surface area contributed by atoms with Crippen molar-refractivity contribution in [3.8, 4) is 11.3 Å². The van der Waals surface area contributed by atoms with E-state index >= 15 is 0 Å². The van der Waals surface area contributed by atoms with Gasteiger partial charge in [0.25, 0.3) is 0 Å². The SMILES string of the molecule is CCNC(CC)c1ccc(-c2cccc(C)c2Br)o1. The van der Waals surface area contributed by atoms with Gasteiger partial charge < -0.3 is 9.73 Å². The molecular weight excluding hydrogens is 302 g/mol. The molecule has 1 N–H and O–H groups in total. The zero-order valence-electron chi connectivity index (χ0n) is 11.7.